The molecule has 0 N–H and O–H groups in total. The van der Waals surface area contributed by atoms with Crippen LogP contribution in [0.25, 0.3) is 0 Å². The number of Topliss-reactive ketones (excluding diaryl/α,β-unsaturated/α-hetero) is 1. The zero-order valence-electron chi connectivity index (χ0n) is 17.0. The van der Waals surface area contributed by atoms with Crippen LogP contribution in [0.2, 0.25) is 0 Å². The molecule has 0 bridgehead atoms. The predicted molar refractivity (Wildman–Crippen MR) is 113 cm³/mol. The molecule has 0 radical (unpaired) electrons. The van der Waals surface area contributed by atoms with Crippen molar-refractivity contribution in [2.75, 3.05) is 7.11 Å². The second-order valence-electron chi connectivity index (χ2n) is 6.88. The first kappa shape index (κ1) is 21.0. The van der Waals surface area contributed by atoms with Crippen LogP contribution in [0.4, 0.5) is 0 Å². The Morgan fingerprint density at radius 2 is 1.33 bits per heavy atom. The number of esters is 1. The number of hydrogen-bond acceptors (Lipinski definition) is 5. The topological polar surface area (TPSA) is 69.7 Å². The SMILES string of the molecule is COc1ccc(C(=O)C(C)OC(=O)c2ccccc2C(=O)c2ccc(C)cc2)cc1. The van der Waals surface area contributed by atoms with Gasteiger partial charge < -0.3 is 9.47 Å². The third-order valence-corrected chi connectivity index (χ3v) is 4.73. The second kappa shape index (κ2) is 9.18. The van der Waals surface area contributed by atoms with Crippen LogP contribution in [-0.4, -0.2) is 30.7 Å². The molecule has 0 heterocycles. The van der Waals surface area contributed by atoms with Crippen LogP contribution in [0.1, 0.15) is 49.1 Å². The first-order valence-electron chi connectivity index (χ1n) is 9.50. The van der Waals surface area contributed by atoms with Crippen molar-refractivity contribution in [3.05, 3.63) is 101 Å². The van der Waals surface area contributed by atoms with Crippen molar-refractivity contribution in [3.8, 4) is 5.75 Å². The lowest BCUT2D eigenvalue weighted by Gasteiger charge is -2.14. The van der Waals surface area contributed by atoms with Gasteiger partial charge in [-0.2, -0.15) is 0 Å². The predicted octanol–water partition coefficient (Wildman–Crippen LogP) is 4.66. The zero-order chi connectivity index (χ0) is 21.7. The minimum absolute atomic E-state index is 0.123. The van der Waals surface area contributed by atoms with Gasteiger partial charge in [0.05, 0.1) is 12.7 Å². The molecular formula is C25H22O5. The highest BCUT2D eigenvalue weighted by Crippen LogP contribution is 2.19. The number of ketones is 2. The van der Waals surface area contributed by atoms with E-state index in [2.05, 4.69) is 0 Å². The molecular weight excluding hydrogens is 380 g/mol. The van der Waals surface area contributed by atoms with Crippen LogP contribution in [0.3, 0.4) is 0 Å². The number of aryl methyl sites for hydroxylation is 1. The van der Waals surface area contributed by atoms with Gasteiger partial charge in [0.1, 0.15) is 5.75 Å². The lowest BCUT2D eigenvalue weighted by atomic mass is 9.97. The van der Waals surface area contributed by atoms with E-state index in [9.17, 15) is 14.4 Å². The van der Waals surface area contributed by atoms with Crippen molar-refractivity contribution >= 4 is 17.5 Å². The van der Waals surface area contributed by atoms with Crippen molar-refractivity contribution in [1.82, 2.24) is 0 Å². The van der Waals surface area contributed by atoms with Gasteiger partial charge in [0.15, 0.2) is 11.9 Å². The fourth-order valence-corrected chi connectivity index (χ4v) is 2.99. The Kier molecular flexibility index (Phi) is 6.42. The van der Waals surface area contributed by atoms with Crippen molar-refractivity contribution in [1.29, 1.82) is 0 Å². The molecule has 30 heavy (non-hydrogen) atoms. The molecule has 0 aliphatic carbocycles. The molecule has 5 heteroatoms. The Labute approximate surface area is 175 Å². The van der Waals surface area contributed by atoms with E-state index >= 15 is 0 Å². The summed E-state index contributed by atoms with van der Waals surface area (Å²) in [5.74, 6) is -0.717. The Morgan fingerprint density at radius 1 is 0.767 bits per heavy atom. The largest absolute Gasteiger partial charge is 0.497 e. The first-order valence-corrected chi connectivity index (χ1v) is 9.50. The summed E-state index contributed by atoms with van der Waals surface area (Å²) in [7, 11) is 1.54. The normalized spacial score (nSPS) is 11.4. The van der Waals surface area contributed by atoms with Crippen LogP contribution in [-0.2, 0) is 4.74 Å². The van der Waals surface area contributed by atoms with Crippen molar-refractivity contribution in [2.24, 2.45) is 0 Å². The molecule has 0 amide bonds. The van der Waals surface area contributed by atoms with E-state index in [1.165, 1.54) is 20.1 Å². The van der Waals surface area contributed by atoms with Crippen LogP contribution >= 0.6 is 0 Å². The summed E-state index contributed by atoms with van der Waals surface area (Å²) < 4.78 is 10.5. The number of ether oxygens (including phenoxy) is 2. The van der Waals surface area contributed by atoms with E-state index in [-0.39, 0.29) is 22.7 Å². The van der Waals surface area contributed by atoms with E-state index in [1.54, 1.807) is 54.6 Å². The summed E-state index contributed by atoms with van der Waals surface area (Å²) in [5.41, 5.74) is 2.27. The van der Waals surface area contributed by atoms with E-state index < -0.39 is 12.1 Å². The van der Waals surface area contributed by atoms with Crippen LogP contribution in [0.15, 0.2) is 72.8 Å². The van der Waals surface area contributed by atoms with E-state index in [1.807, 2.05) is 19.1 Å². The fourth-order valence-electron chi connectivity index (χ4n) is 2.99. The molecule has 3 rings (SSSR count). The molecule has 0 aliphatic heterocycles. The average molecular weight is 402 g/mol. The Morgan fingerprint density at radius 3 is 1.93 bits per heavy atom. The Bertz CT molecular complexity index is 1070. The average Bonchev–Trinajstić information content (AvgIpc) is 2.78. The van der Waals surface area contributed by atoms with E-state index in [4.69, 9.17) is 9.47 Å². The highest BCUT2D eigenvalue weighted by Gasteiger charge is 2.24. The Hall–Kier alpha value is -3.73. The monoisotopic (exact) mass is 402 g/mol. The van der Waals surface area contributed by atoms with Gasteiger partial charge in [-0.3, -0.25) is 9.59 Å². The summed E-state index contributed by atoms with van der Waals surface area (Å²) in [5, 5.41) is 0. The summed E-state index contributed by atoms with van der Waals surface area (Å²) in [6, 6.07) is 20.1. The minimum Gasteiger partial charge on any atom is -0.497 e. The number of carbonyl (C=O) groups is 3. The summed E-state index contributed by atoms with van der Waals surface area (Å²) in [4.78, 5) is 38.3. The number of hydrogen-bond donors (Lipinski definition) is 0. The maximum absolute atomic E-state index is 12.9. The van der Waals surface area contributed by atoms with Gasteiger partial charge in [0.25, 0.3) is 0 Å². The standard InChI is InChI=1S/C25H22O5/c1-16-8-10-19(11-9-16)24(27)21-6-4-5-7-22(21)25(28)30-17(2)23(26)18-12-14-20(29-3)15-13-18/h4-15,17H,1-3H3. The van der Waals surface area contributed by atoms with Gasteiger partial charge in [0.2, 0.25) is 5.78 Å². The number of carbonyl (C=O) groups excluding carboxylic acids is 3. The molecule has 1 unspecified atom stereocenters. The highest BCUT2D eigenvalue weighted by atomic mass is 16.5. The third kappa shape index (κ3) is 4.63. The third-order valence-electron chi connectivity index (χ3n) is 4.73. The van der Waals surface area contributed by atoms with Gasteiger partial charge in [-0.05, 0) is 44.2 Å². The highest BCUT2D eigenvalue weighted by molar-refractivity contribution is 6.14. The smallest absolute Gasteiger partial charge is 0.339 e. The minimum atomic E-state index is -1.01. The number of rotatable bonds is 7. The lowest BCUT2D eigenvalue weighted by molar-refractivity contribution is 0.0317. The van der Waals surface area contributed by atoms with Gasteiger partial charge in [-0.1, -0.05) is 48.0 Å². The molecule has 152 valence electrons. The molecule has 5 nitrogen and oxygen atoms in total. The van der Waals surface area contributed by atoms with Crippen molar-refractivity contribution in [3.63, 3.8) is 0 Å². The second-order valence-corrected chi connectivity index (χ2v) is 6.88. The van der Waals surface area contributed by atoms with Crippen LogP contribution < -0.4 is 4.74 Å². The van der Waals surface area contributed by atoms with Gasteiger partial charge in [-0.15, -0.1) is 0 Å². The summed E-state index contributed by atoms with van der Waals surface area (Å²) in [6.45, 7) is 3.44. The number of methoxy groups -OCH3 is 1. The maximum atomic E-state index is 12.9. The van der Waals surface area contributed by atoms with Gasteiger partial charge in [0, 0.05) is 16.7 Å². The van der Waals surface area contributed by atoms with Gasteiger partial charge in [-0.25, -0.2) is 4.79 Å². The van der Waals surface area contributed by atoms with Gasteiger partial charge >= 0.3 is 5.97 Å². The molecule has 3 aromatic rings. The molecule has 0 saturated heterocycles. The van der Waals surface area contributed by atoms with Crippen LogP contribution in [0, 0.1) is 6.92 Å². The summed E-state index contributed by atoms with van der Waals surface area (Å²) in [6.07, 6.45) is -1.01. The first-order chi connectivity index (χ1) is 14.4. The molecule has 0 spiro atoms. The van der Waals surface area contributed by atoms with E-state index in [0.717, 1.165) is 5.56 Å². The quantitative estimate of drug-likeness (QED) is 0.425. The number of benzene rings is 3. The van der Waals surface area contributed by atoms with Crippen molar-refractivity contribution < 1.29 is 23.9 Å². The molecule has 0 aliphatic rings. The van der Waals surface area contributed by atoms with Crippen molar-refractivity contribution in [2.45, 2.75) is 20.0 Å². The van der Waals surface area contributed by atoms with Crippen LogP contribution in [0.5, 0.6) is 5.75 Å². The fraction of sp³-hybridized carbons (Fsp3) is 0.160. The zero-order valence-corrected chi connectivity index (χ0v) is 17.0. The molecule has 0 saturated carbocycles. The summed E-state index contributed by atoms with van der Waals surface area (Å²) >= 11 is 0. The maximum Gasteiger partial charge on any atom is 0.339 e. The molecule has 0 fully saturated rings. The molecule has 1 atom stereocenters. The Balaban J connectivity index is 1.79. The van der Waals surface area contributed by atoms with E-state index in [0.29, 0.717) is 16.9 Å². The lowest BCUT2D eigenvalue weighted by Crippen LogP contribution is -2.25. The molecule has 0 aromatic heterocycles. The molecule has 3 aromatic carbocycles.